The molecule has 0 heterocycles. The van der Waals surface area contributed by atoms with E-state index in [4.69, 9.17) is 0 Å². The van der Waals surface area contributed by atoms with Crippen molar-refractivity contribution in [2.45, 2.75) is 27.7 Å². The first-order valence-electron chi connectivity index (χ1n) is 5.64. The third kappa shape index (κ3) is 7.15. The molecule has 17 heavy (non-hydrogen) atoms. The largest absolute Gasteiger partial charge is 2.00 e. The van der Waals surface area contributed by atoms with Gasteiger partial charge in [0.2, 0.25) is 0 Å². The van der Waals surface area contributed by atoms with Gasteiger partial charge in [-0.1, -0.05) is 70.8 Å². The molecule has 2 aromatic carbocycles. The van der Waals surface area contributed by atoms with Gasteiger partial charge in [0.15, 0.2) is 0 Å². The van der Waals surface area contributed by atoms with Gasteiger partial charge in [-0.3, -0.25) is 0 Å². The topological polar surface area (TPSA) is 0 Å². The van der Waals surface area contributed by atoms with E-state index in [9.17, 15) is 0 Å². The van der Waals surface area contributed by atoms with Crippen molar-refractivity contribution in [3.8, 4) is 0 Å². The molecule has 0 aromatic heterocycles. The first kappa shape index (κ1) is 16.2. The summed E-state index contributed by atoms with van der Waals surface area (Å²) in [4.78, 5) is 0. The SMILES string of the molecule is Cc1ccc(C)cc1.Cc1ccc(C)cc1.[Ti+2]. The average Bonchev–Trinajstić information content (AvgIpc) is 2.28. The Morgan fingerprint density at radius 1 is 0.412 bits per heavy atom. The van der Waals surface area contributed by atoms with Gasteiger partial charge in [0.05, 0.1) is 0 Å². The molecule has 0 aliphatic rings. The number of rotatable bonds is 0. The summed E-state index contributed by atoms with van der Waals surface area (Å²) in [6.45, 7) is 8.39. The van der Waals surface area contributed by atoms with Crippen LogP contribution >= 0.6 is 0 Å². The Morgan fingerprint density at radius 3 is 0.647 bits per heavy atom. The van der Waals surface area contributed by atoms with Crippen molar-refractivity contribution in [2.75, 3.05) is 0 Å². The molecule has 0 saturated carbocycles. The molecular formula is C16H20Ti+2. The molecule has 0 radical (unpaired) electrons. The summed E-state index contributed by atoms with van der Waals surface area (Å²) in [5, 5.41) is 0. The summed E-state index contributed by atoms with van der Waals surface area (Å²) in [7, 11) is 0. The fourth-order valence-electron chi connectivity index (χ4n) is 1.27. The van der Waals surface area contributed by atoms with Crippen molar-refractivity contribution < 1.29 is 21.7 Å². The second-order valence-electron chi connectivity index (χ2n) is 4.31. The molecule has 0 aliphatic heterocycles. The van der Waals surface area contributed by atoms with E-state index >= 15 is 0 Å². The molecular weight excluding hydrogens is 240 g/mol. The van der Waals surface area contributed by atoms with Crippen molar-refractivity contribution in [3.63, 3.8) is 0 Å². The van der Waals surface area contributed by atoms with E-state index in [1.165, 1.54) is 22.3 Å². The zero-order valence-electron chi connectivity index (χ0n) is 11.1. The summed E-state index contributed by atoms with van der Waals surface area (Å²) in [5.74, 6) is 0. The van der Waals surface area contributed by atoms with Crippen LogP contribution in [0.25, 0.3) is 0 Å². The molecule has 0 N–H and O–H groups in total. The van der Waals surface area contributed by atoms with E-state index in [-0.39, 0.29) is 21.7 Å². The molecule has 2 rings (SSSR count). The number of hydrogen-bond acceptors (Lipinski definition) is 0. The van der Waals surface area contributed by atoms with Gasteiger partial charge in [-0.15, -0.1) is 0 Å². The minimum atomic E-state index is 0. The summed E-state index contributed by atoms with van der Waals surface area (Å²) in [5.41, 5.74) is 5.32. The Morgan fingerprint density at radius 2 is 0.529 bits per heavy atom. The Hall–Kier alpha value is -0.846. The number of benzene rings is 2. The molecule has 0 bridgehead atoms. The monoisotopic (exact) mass is 260 g/mol. The molecule has 0 saturated heterocycles. The second-order valence-corrected chi connectivity index (χ2v) is 4.31. The van der Waals surface area contributed by atoms with Crippen molar-refractivity contribution in [1.82, 2.24) is 0 Å². The van der Waals surface area contributed by atoms with Gasteiger partial charge in [-0.2, -0.15) is 0 Å². The second kappa shape index (κ2) is 8.28. The van der Waals surface area contributed by atoms with Gasteiger partial charge >= 0.3 is 21.7 Å². The Bertz CT molecular complexity index is 327. The maximum absolute atomic E-state index is 2.12. The predicted octanol–water partition coefficient (Wildman–Crippen LogP) is 4.60. The summed E-state index contributed by atoms with van der Waals surface area (Å²) in [6.07, 6.45) is 0. The number of aryl methyl sites for hydroxylation is 4. The first-order chi connectivity index (χ1) is 7.58. The predicted molar refractivity (Wildman–Crippen MR) is 71.8 cm³/mol. The minimum Gasteiger partial charge on any atom is -0.0591 e. The fraction of sp³-hybridized carbons (Fsp3) is 0.250. The summed E-state index contributed by atoms with van der Waals surface area (Å²) < 4.78 is 0. The Labute approximate surface area is 120 Å². The molecule has 0 amide bonds. The van der Waals surface area contributed by atoms with E-state index in [0.29, 0.717) is 0 Å². The van der Waals surface area contributed by atoms with Crippen LogP contribution < -0.4 is 0 Å². The molecule has 0 aliphatic carbocycles. The van der Waals surface area contributed by atoms with Crippen LogP contribution in [0, 0.1) is 27.7 Å². The van der Waals surface area contributed by atoms with Crippen LogP contribution in [0.4, 0.5) is 0 Å². The normalized spacial score (nSPS) is 8.71. The minimum absolute atomic E-state index is 0. The molecule has 86 valence electrons. The van der Waals surface area contributed by atoms with Crippen molar-refractivity contribution in [3.05, 3.63) is 70.8 Å². The fourth-order valence-corrected chi connectivity index (χ4v) is 1.27. The molecule has 0 atom stereocenters. The molecule has 1 heteroatoms. The van der Waals surface area contributed by atoms with Crippen LogP contribution in [-0.4, -0.2) is 0 Å². The van der Waals surface area contributed by atoms with Crippen molar-refractivity contribution in [2.24, 2.45) is 0 Å². The van der Waals surface area contributed by atoms with Gasteiger partial charge < -0.3 is 0 Å². The first-order valence-corrected chi connectivity index (χ1v) is 5.64. The van der Waals surface area contributed by atoms with Gasteiger partial charge in [-0.25, -0.2) is 0 Å². The van der Waals surface area contributed by atoms with E-state index < -0.39 is 0 Å². The van der Waals surface area contributed by atoms with Gasteiger partial charge in [0.1, 0.15) is 0 Å². The van der Waals surface area contributed by atoms with Crippen molar-refractivity contribution in [1.29, 1.82) is 0 Å². The van der Waals surface area contributed by atoms with Crippen LogP contribution in [0.5, 0.6) is 0 Å². The van der Waals surface area contributed by atoms with Crippen LogP contribution in [0.1, 0.15) is 22.3 Å². The smallest absolute Gasteiger partial charge is 0.0591 e. The molecule has 0 spiro atoms. The Balaban J connectivity index is 0.000000284. The maximum Gasteiger partial charge on any atom is 2.00 e. The third-order valence-corrected chi connectivity index (χ3v) is 2.44. The van der Waals surface area contributed by atoms with Crippen LogP contribution in [-0.2, 0) is 21.7 Å². The average molecular weight is 260 g/mol. The van der Waals surface area contributed by atoms with Crippen molar-refractivity contribution >= 4 is 0 Å². The third-order valence-electron chi connectivity index (χ3n) is 2.44. The Kier molecular flexibility index (Phi) is 7.86. The molecule has 0 fully saturated rings. The quantitative estimate of drug-likeness (QED) is 0.607. The van der Waals surface area contributed by atoms with E-state index in [1.54, 1.807) is 0 Å². The molecule has 2 aromatic rings. The zero-order chi connectivity index (χ0) is 12.0. The molecule has 0 unspecified atom stereocenters. The van der Waals surface area contributed by atoms with E-state index in [0.717, 1.165) is 0 Å². The maximum atomic E-state index is 2.12. The summed E-state index contributed by atoms with van der Waals surface area (Å²) >= 11 is 0. The van der Waals surface area contributed by atoms with Crippen LogP contribution in [0.3, 0.4) is 0 Å². The van der Waals surface area contributed by atoms with E-state index in [1.807, 2.05) is 0 Å². The summed E-state index contributed by atoms with van der Waals surface area (Å²) in [6, 6.07) is 17.0. The zero-order valence-corrected chi connectivity index (χ0v) is 12.7. The van der Waals surface area contributed by atoms with Crippen LogP contribution in [0.15, 0.2) is 48.5 Å². The van der Waals surface area contributed by atoms with Gasteiger partial charge in [-0.05, 0) is 27.7 Å². The van der Waals surface area contributed by atoms with Gasteiger partial charge in [0, 0.05) is 0 Å². The molecule has 0 nitrogen and oxygen atoms in total. The standard InChI is InChI=1S/2C8H10.Ti/c2*1-7-3-5-8(2)6-4-7;/h2*3-6H,1-2H3;/q;;+2. The van der Waals surface area contributed by atoms with Gasteiger partial charge in [0.25, 0.3) is 0 Å². The van der Waals surface area contributed by atoms with Crippen LogP contribution in [0.2, 0.25) is 0 Å². The number of hydrogen-bond donors (Lipinski definition) is 0. The van der Waals surface area contributed by atoms with E-state index in [2.05, 4.69) is 76.2 Å².